The van der Waals surface area contributed by atoms with E-state index in [1.54, 1.807) is 24.6 Å². The van der Waals surface area contributed by atoms with Crippen LogP contribution in [0.5, 0.6) is 0 Å². The molecule has 2 rings (SSSR count). The van der Waals surface area contributed by atoms with E-state index in [-0.39, 0.29) is 6.04 Å². The van der Waals surface area contributed by atoms with Crippen LogP contribution in [0.1, 0.15) is 24.2 Å². The molecule has 2 aromatic rings. The molecule has 2 heterocycles. The third-order valence-electron chi connectivity index (χ3n) is 2.18. The number of nitrogens with zero attached hydrogens (tertiary/aromatic N) is 3. The van der Waals surface area contributed by atoms with Crippen molar-refractivity contribution < 1.29 is 4.42 Å². The Balaban J connectivity index is 2.19. The Kier molecular flexibility index (Phi) is 2.83. The monoisotopic (exact) mass is 214 g/mol. The number of anilines is 1. The fourth-order valence-electron chi connectivity index (χ4n) is 1.33. The van der Waals surface area contributed by atoms with Gasteiger partial charge in [0.25, 0.3) is 0 Å². The van der Waals surface area contributed by atoms with E-state index in [4.69, 9.17) is 9.68 Å². The van der Waals surface area contributed by atoms with Gasteiger partial charge in [-0.25, -0.2) is 9.97 Å². The van der Waals surface area contributed by atoms with E-state index >= 15 is 0 Å². The van der Waals surface area contributed by atoms with Crippen molar-refractivity contribution in [3.8, 4) is 6.07 Å². The van der Waals surface area contributed by atoms with Gasteiger partial charge in [-0.05, 0) is 19.1 Å². The van der Waals surface area contributed by atoms with Crippen LogP contribution in [0.25, 0.3) is 0 Å². The average Bonchev–Trinajstić information content (AvgIpc) is 2.83. The van der Waals surface area contributed by atoms with E-state index in [0.717, 1.165) is 5.69 Å². The Labute approximate surface area is 92.8 Å². The van der Waals surface area contributed by atoms with Gasteiger partial charge in [0.2, 0.25) is 0 Å². The minimum atomic E-state index is -0.0549. The minimum Gasteiger partial charge on any atom is -0.451 e. The van der Waals surface area contributed by atoms with E-state index in [9.17, 15) is 0 Å². The van der Waals surface area contributed by atoms with Gasteiger partial charge in [0, 0.05) is 6.20 Å². The van der Waals surface area contributed by atoms with Crippen molar-refractivity contribution in [2.75, 3.05) is 5.32 Å². The number of nitriles is 1. The number of nitrogens with one attached hydrogen (secondary N) is 1. The minimum absolute atomic E-state index is 0.0549. The van der Waals surface area contributed by atoms with E-state index in [1.807, 2.05) is 6.92 Å². The Bertz CT molecular complexity index is 501. The lowest BCUT2D eigenvalue weighted by Crippen LogP contribution is -2.09. The van der Waals surface area contributed by atoms with Gasteiger partial charge in [0.05, 0.1) is 11.6 Å². The molecule has 2 aromatic heterocycles. The second-order valence-corrected chi connectivity index (χ2v) is 3.29. The number of pyridine rings is 1. The highest BCUT2D eigenvalue weighted by Gasteiger charge is 2.10. The van der Waals surface area contributed by atoms with Crippen LogP contribution in [0.2, 0.25) is 0 Å². The van der Waals surface area contributed by atoms with Crippen LogP contribution in [0.3, 0.4) is 0 Å². The molecule has 0 saturated heterocycles. The standard InChI is InChI=1S/C11H10N4O/c1-8(10-6-16-7-14-10)15-11-9(5-12)3-2-4-13-11/h2-4,6-8H,1H3,(H,13,15). The number of aromatic nitrogens is 2. The molecule has 0 aliphatic carbocycles. The quantitative estimate of drug-likeness (QED) is 0.846. The summed E-state index contributed by atoms with van der Waals surface area (Å²) in [5, 5.41) is 12.0. The summed E-state index contributed by atoms with van der Waals surface area (Å²) in [6.07, 6.45) is 4.57. The molecule has 0 aliphatic rings. The molecule has 1 unspecified atom stereocenters. The third kappa shape index (κ3) is 2.01. The van der Waals surface area contributed by atoms with Gasteiger partial charge in [-0.1, -0.05) is 0 Å². The first-order chi connectivity index (χ1) is 7.81. The highest BCUT2D eigenvalue weighted by molar-refractivity contribution is 5.52. The Morgan fingerprint density at radius 3 is 3.06 bits per heavy atom. The summed E-state index contributed by atoms with van der Waals surface area (Å²) in [5.41, 5.74) is 1.28. The molecule has 0 bridgehead atoms. The van der Waals surface area contributed by atoms with E-state index in [0.29, 0.717) is 11.4 Å². The number of hydrogen-bond acceptors (Lipinski definition) is 5. The molecular formula is C11H10N4O. The molecule has 0 fully saturated rings. The zero-order valence-corrected chi connectivity index (χ0v) is 8.71. The molecule has 1 N–H and O–H groups in total. The van der Waals surface area contributed by atoms with Crippen molar-refractivity contribution in [1.82, 2.24) is 9.97 Å². The molecule has 5 heteroatoms. The second kappa shape index (κ2) is 4.45. The maximum absolute atomic E-state index is 8.90. The molecular weight excluding hydrogens is 204 g/mol. The smallest absolute Gasteiger partial charge is 0.180 e. The normalized spacial score (nSPS) is 11.8. The largest absolute Gasteiger partial charge is 0.451 e. The zero-order chi connectivity index (χ0) is 11.4. The molecule has 0 aromatic carbocycles. The van der Waals surface area contributed by atoms with Gasteiger partial charge in [0.15, 0.2) is 6.39 Å². The second-order valence-electron chi connectivity index (χ2n) is 3.29. The van der Waals surface area contributed by atoms with Crippen LogP contribution in [-0.4, -0.2) is 9.97 Å². The maximum atomic E-state index is 8.90. The van der Waals surface area contributed by atoms with Crippen molar-refractivity contribution in [3.63, 3.8) is 0 Å². The molecule has 0 radical (unpaired) electrons. The number of hydrogen-bond donors (Lipinski definition) is 1. The predicted molar refractivity (Wildman–Crippen MR) is 57.5 cm³/mol. The number of oxazole rings is 1. The van der Waals surface area contributed by atoms with E-state index < -0.39 is 0 Å². The molecule has 16 heavy (non-hydrogen) atoms. The summed E-state index contributed by atoms with van der Waals surface area (Å²) >= 11 is 0. The molecule has 1 atom stereocenters. The Morgan fingerprint density at radius 1 is 1.50 bits per heavy atom. The Hall–Kier alpha value is -2.35. The lowest BCUT2D eigenvalue weighted by molar-refractivity contribution is 0.555. The van der Waals surface area contributed by atoms with Crippen LogP contribution in [0, 0.1) is 11.3 Å². The predicted octanol–water partition coefficient (Wildman–Crippen LogP) is 2.11. The highest BCUT2D eigenvalue weighted by atomic mass is 16.3. The fraction of sp³-hybridized carbons (Fsp3) is 0.182. The maximum Gasteiger partial charge on any atom is 0.180 e. The molecule has 0 amide bonds. The fourth-order valence-corrected chi connectivity index (χ4v) is 1.33. The SMILES string of the molecule is CC(Nc1ncccc1C#N)c1cocn1. The first kappa shape index (κ1) is 10.2. The molecule has 0 aliphatic heterocycles. The van der Waals surface area contributed by atoms with Crippen LogP contribution >= 0.6 is 0 Å². The van der Waals surface area contributed by atoms with Gasteiger partial charge >= 0.3 is 0 Å². The number of rotatable bonds is 3. The van der Waals surface area contributed by atoms with Gasteiger partial charge in [0.1, 0.15) is 23.8 Å². The van der Waals surface area contributed by atoms with Gasteiger partial charge in [-0.15, -0.1) is 0 Å². The van der Waals surface area contributed by atoms with Crippen LogP contribution < -0.4 is 5.32 Å². The van der Waals surface area contributed by atoms with Gasteiger partial charge < -0.3 is 9.73 Å². The summed E-state index contributed by atoms with van der Waals surface area (Å²) in [6, 6.07) is 5.46. The van der Waals surface area contributed by atoms with Crippen LogP contribution in [-0.2, 0) is 0 Å². The lowest BCUT2D eigenvalue weighted by atomic mass is 10.2. The molecule has 0 saturated carbocycles. The van der Waals surface area contributed by atoms with Crippen molar-refractivity contribution >= 4 is 5.82 Å². The van der Waals surface area contributed by atoms with Gasteiger partial charge in [-0.2, -0.15) is 5.26 Å². The summed E-state index contributed by atoms with van der Waals surface area (Å²) in [5.74, 6) is 0.556. The van der Waals surface area contributed by atoms with Crippen molar-refractivity contribution in [1.29, 1.82) is 5.26 Å². The average molecular weight is 214 g/mol. The van der Waals surface area contributed by atoms with Crippen LogP contribution in [0.15, 0.2) is 35.4 Å². The van der Waals surface area contributed by atoms with Gasteiger partial charge in [-0.3, -0.25) is 0 Å². The zero-order valence-electron chi connectivity index (χ0n) is 8.71. The third-order valence-corrected chi connectivity index (χ3v) is 2.18. The molecule has 5 nitrogen and oxygen atoms in total. The molecule has 80 valence electrons. The molecule has 0 spiro atoms. The lowest BCUT2D eigenvalue weighted by Gasteiger charge is -2.12. The first-order valence-corrected chi connectivity index (χ1v) is 4.81. The summed E-state index contributed by atoms with van der Waals surface area (Å²) in [7, 11) is 0. The van der Waals surface area contributed by atoms with E-state index in [2.05, 4.69) is 21.4 Å². The van der Waals surface area contributed by atoms with E-state index in [1.165, 1.54) is 6.39 Å². The summed E-state index contributed by atoms with van der Waals surface area (Å²) < 4.78 is 4.89. The van der Waals surface area contributed by atoms with Crippen molar-refractivity contribution in [2.45, 2.75) is 13.0 Å². The van der Waals surface area contributed by atoms with Crippen LogP contribution in [0.4, 0.5) is 5.82 Å². The summed E-state index contributed by atoms with van der Waals surface area (Å²) in [4.78, 5) is 8.14. The Morgan fingerprint density at radius 2 is 2.38 bits per heavy atom. The van der Waals surface area contributed by atoms with Crippen molar-refractivity contribution in [3.05, 3.63) is 42.2 Å². The van der Waals surface area contributed by atoms with Crippen molar-refractivity contribution in [2.24, 2.45) is 0 Å². The topological polar surface area (TPSA) is 74.7 Å². The highest BCUT2D eigenvalue weighted by Crippen LogP contribution is 2.18. The summed E-state index contributed by atoms with van der Waals surface area (Å²) in [6.45, 7) is 1.92. The first-order valence-electron chi connectivity index (χ1n) is 4.81.